The van der Waals surface area contributed by atoms with Gasteiger partial charge in [-0.05, 0) is 48.0 Å². The minimum Gasteiger partial charge on any atom is -0.507 e. The molecule has 4 aromatic rings. The average Bonchev–Trinajstić information content (AvgIpc) is 3.11. The number of para-hydroxylation sites is 1. The van der Waals surface area contributed by atoms with Gasteiger partial charge in [-0.25, -0.2) is 4.98 Å². The second-order valence-corrected chi connectivity index (χ2v) is 7.56. The quantitative estimate of drug-likeness (QED) is 0.410. The molecule has 1 amide bonds. The number of hydrogen-bond acceptors (Lipinski definition) is 4. The number of nitrogens with one attached hydrogen (secondary N) is 1. The van der Waals surface area contributed by atoms with Crippen LogP contribution in [0.1, 0.15) is 5.56 Å². The number of fused-ring (bicyclic) bond motifs is 1. The summed E-state index contributed by atoms with van der Waals surface area (Å²) in [5.74, 6) is -0.222. The summed E-state index contributed by atoms with van der Waals surface area (Å²) < 4.78 is 1.06. The van der Waals surface area contributed by atoms with Crippen LogP contribution in [0.2, 0.25) is 5.02 Å². The van der Waals surface area contributed by atoms with Gasteiger partial charge in [-0.15, -0.1) is 11.3 Å². The highest BCUT2D eigenvalue weighted by Gasteiger charge is 2.11. The number of carbonyl (C=O) groups excluding carboxylic acids is 1. The number of carbonyl (C=O) groups is 1. The first-order valence-corrected chi connectivity index (χ1v) is 9.71. The lowest BCUT2D eigenvalue weighted by atomic mass is 10.2. The van der Waals surface area contributed by atoms with Crippen molar-refractivity contribution in [2.75, 3.05) is 5.32 Å². The number of rotatable bonds is 4. The van der Waals surface area contributed by atoms with E-state index in [0.717, 1.165) is 20.8 Å². The van der Waals surface area contributed by atoms with E-state index in [1.165, 1.54) is 23.5 Å². The molecule has 0 bridgehead atoms. The SMILES string of the molecule is O=C(/C=C/c1ccc(Cl)cc1)Nc1ccc(-c2nc3ccccc3s2)c(O)c1. The van der Waals surface area contributed by atoms with Crippen LogP contribution in [0.25, 0.3) is 26.9 Å². The van der Waals surface area contributed by atoms with E-state index in [9.17, 15) is 9.90 Å². The first-order valence-electron chi connectivity index (χ1n) is 8.52. The maximum Gasteiger partial charge on any atom is 0.248 e. The van der Waals surface area contributed by atoms with Crippen molar-refractivity contribution >= 4 is 50.8 Å². The Morgan fingerprint density at radius 1 is 1.07 bits per heavy atom. The van der Waals surface area contributed by atoms with Crippen molar-refractivity contribution in [2.24, 2.45) is 0 Å². The van der Waals surface area contributed by atoms with Crippen molar-refractivity contribution in [1.29, 1.82) is 0 Å². The molecule has 4 rings (SSSR count). The molecule has 1 heterocycles. The summed E-state index contributed by atoms with van der Waals surface area (Å²) >= 11 is 7.36. The topological polar surface area (TPSA) is 62.2 Å². The van der Waals surface area contributed by atoms with Crippen molar-refractivity contribution < 1.29 is 9.90 Å². The van der Waals surface area contributed by atoms with Crippen molar-refractivity contribution in [1.82, 2.24) is 4.98 Å². The van der Waals surface area contributed by atoms with Crippen LogP contribution in [-0.2, 0) is 4.79 Å². The standard InChI is InChI=1S/C22H15ClN2O2S/c23-15-8-5-14(6-9-15)7-12-21(27)24-16-10-11-17(19(26)13-16)22-25-18-3-1-2-4-20(18)28-22/h1-13,26H,(H,24,27)/b12-7+. The molecule has 0 radical (unpaired) electrons. The lowest BCUT2D eigenvalue weighted by Gasteiger charge is -2.06. The zero-order valence-corrected chi connectivity index (χ0v) is 16.2. The fraction of sp³-hybridized carbons (Fsp3) is 0. The molecule has 138 valence electrons. The van der Waals surface area contributed by atoms with Crippen LogP contribution >= 0.6 is 22.9 Å². The Kier molecular flexibility index (Phi) is 5.10. The molecule has 0 fully saturated rings. The monoisotopic (exact) mass is 406 g/mol. The van der Waals surface area contributed by atoms with E-state index >= 15 is 0 Å². The van der Waals surface area contributed by atoms with E-state index in [1.807, 2.05) is 36.4 Å². The van der Waals surface area contributed by atoms with Crippen LogP contribution in [0.15, 0.2) is 72.8 Å². The molecule has 0 unspecified atom stereocenters. The van der Waals surface area contributed by atoms with Gasteiger partial charge in [-0.2, -0.15) is 0 Å². The highest BCUT2D eigenvalue weighted by atomic mass is 35.5. The van der Waals surface area contributed by atoms with E-state index in [1.54, 1.807) is 30.3 Å². The van der Waals surface area contributed by atoms with E-state index in [-0.39, 0.29) is 11.7 Å². The first kappa shape index (κ1) is 18.2. The molecule has 1 aromatic heterocycles. The number of benzene rings is 3. The zero-order valence-electron chi connectivity index (χ0n) is 14.6. The predicted molar refractivity (Wildman–Crippen MR) is 116 cm³/mol. The van der Waals surface area contributed by atoms with Gasteiger partial charge >= 0.3 is 0 Å². The molecule has 0 spiro atoms. The number of amides is 1. The third-order valence-electron chi connectivity index (χ3n) is 4.09. The molecule has 0 saturated heterocycles. The van der Waals surface area contributed by atoms with Crippen LogP contribution in [0, 0.1) is 0 Å². The molecule has 0 atom stereocenters. The van der Waals surface area contributed by atoms with Gasteiger partial charge in [0.2, 0.25) is 5.91 Å². The van der Waals surface area contributed by atoms with Crippen molar-refractivity contribution in [3.8, 4) is 16.3 Å². The fourth-order valence-electron chi connectivity index (χ4n) is 2.71. The van der Waals surface area contributed by atoms with Gasteiger partial charge in [0.05, 0.1) is 15.8 Å². The second kappa shape index (κ2) is 7.84. The van der Waals surface area contributed by atoms with Gasteiger partial charge in [0.25, 0.3) is 0 Å². The Labute approximate surface area is 170 Å². The van der Waals surface area contributed by atoms with Crippen LogP contribution in [0.4, 0.5) is 5.69 Å². The number of thiazole rings is 1. The zero-order chi connectivity index (χ0) is 19.5. The third-order valence-corrected chi connectivity index (χ3v) is 5.41. The van der Waals surface area contributed by atoms with E-state index in [0.29, 0.717) is 16.3 Å². The minimum atomic E-state index is -0.290. The number of hydrogen-bond donors (Lipinski definition) is 2. The highest BCUT2D eigenvalue weighted by Crippen LogP contribution is 2.36. The summed E-state index contributed by atoms with van der Waals surface area (Å²) in [5, 5.41) is 14.5. The molecule has 0 aliphatic rings. The summed E-state index contributed by atoms with van der Waals surface area (Å²) in [6.45, 7) is 0. The van der Waals surface area contributed by atoms with Gasteiger partial charge in [0.15, 0.2) is 0 Å². The number of aromatic nitrogens is 1. The lowest BCUT2D eigenvalue weighted by Crippen LogP contribution is -2.07. The molecular formula is C22H15ClN2O2S. The smallest absolute Gasteiger partial charge is 0.248 e. The number of anilines is 1. The number of halogens is 1. The average molecular weight is 407 g/mol. The van der Waals surface area contributed by atoms with Crippen LogP contribution in [-0.4, -0.2) is 16.0 Å². The Morgan fingerprint density at radius 2 is 1.86 bits per heavy atom. The number of phenolic OH excluding ortho intramolecular Hbond substituents is 1. The first-order chi connectivity index (χ1) is 13.6. The summed E-state index contributed by atoms with van der Waals surface area (Å²) in [5.41, 5.74) is 2.91. The maximum absolute atomic E-state index is 12.1. The number of nitrogens with zero attached hydrogens (tertiary/aromatic N) is 1. The molecule has 3 aromatic carbocycles. The minimum absolute atomic E-state index is 0.0681. The lowest BCUT2D eigenvalue weighted by molar-refractivity contribution is -0.111. The van der Waals surface area contributed by atoms with E-state index < -0.39 is 0 Å². The number of phenols is 1. The summed E-state index contributed by atoms with van der Waals surface area (Å²) in [7, 11) is 0. The fourth-order valence-corrected chi connectivity index (χ4v) is 3.83. The predicted octanol–water partition coefficient (Wildman–Crippen LogP) is 5.97. The third kappa shape index (κ3) is 4.06. The molecular weight excluding hydrogens is 392 g/mol. The largest absolute Gasteiger partial charge is 0.507 e. The van der Waals surface area contributed by atoms with Gasteiger partial charge in [-0.1, -0.05) is 35.9 Å². The molecule has 4 nitrogen and oxygen atoms in total. The Hall–Kier alpha value is -3.15. The van der Waals surface area contributed by atoms with Gasteiger partial charge < -0.3 is 10.4 Å². The molecule has 28 heavy (non-hydrogen) atoms. The number of aromatic hydroxyl groups is 1. The van der Waals surface area contributed by atoms with E-state index in [2.05, 4.69) is 10.3 Å². The molecule has 0 aliphatic carbocycles. The summed E-state index contributed by atoms with van der Waals surface area (Å²) in [6.07, 6.45) is 3.13. The van der Waals surface area contributed by atoms with Crippen LogP contribution in [0.5, 0.6) is 5.75 Å². The van der Waals surface area contributed by atoms with Crippen LogP contribution in [0.3, 0.4) is 0 Å². The molecule has 0 saturated carbocycles. The molecule has 2 N–H and O–H groups in total. The Bertz CT molecular complexity index is 1150. The summed E-state index contributed by atoms with van der Waals surface area (Å²) in [4.78, 5) is 16.7. The Morgan fingerprint density at radius 3 is 2.61 bits per heavy atom. The van der Waals surface area contributed by atoms with Crippen molar-refractivity contribution in [3.63, 3.8) is 0 Å². The maximum atomic E-state index is 12.1. The van der Waals surface area contributed by atoms with Gasteiger partial charge in [-0.3, -0.25) is 4.79 Å². The second-order valence-electron chi connectivity index (χ2n) is 6.09. The highest BCUT2D eigenvalue weighted by molar-refractivity contribution is 7.21. The van der Waals surface area contributed by atoms with Crippen molar-refractivity contribution in [3.05, 3.63) is 83.4 Å². The van der Waals surface area contributed by atoms with Crippen LogP contribution < -0.4 is 5.32 Å². The molecule has 0 aliphatic heterocycles. The van der Waals surface area contributed by atoms with E-state index in [4.69, 9.17) is 11.6 Å². The van der Waals surface area contributed by atoms with Gasteiger partial charge in [0.1, 0.15) is 10.8 Å². The normalized spacial score (nSPS) is 11.2. The Balaban J connectivity index is 1.49. The summed E-state index contributed by atoms with van der Waals surface area (Å²) in [6, 6.07) is 20.0. The molecule has 6 heteroatoms. The van der Waals surface area contributed by atoms with Crippen molar-refractivity contribution in [2.45, 2.75) is 0 Å². The van der Waals surface area contributed by atoms with Gasteiger partial charge in [0, 0.05) is 22.9 Å².